The molecule has 0 saturated carbocycles. The van der Waals surface area contributed by atoms with E-state index >= 15 is 0 Å². The summed E-state index contributed by atoms with van der Waals surface area (Å²) in [5.41, 5.74) is 1.20. The number of rotatable bonds is 3. The Morgan fingerprint density at radius 3 is 2.57 bits per heavy atom. The highest BCUT2D eigenvalue weighted by atomic mass is 35.5. The van der Waals surface area contributed by atoms with Crippen LogP contribution in [-0.2, 0) is 0 Å². The predicted molar refractivity (Wildman–Crippen MR) is 95.7 cm³/mol. The average molecular weight is 346 g/mol. The number of para-hydroxylation sites is 1. The van der Waals surface area contributed by atoms with E-state index in [1.54, 1.807) is 24.4 Å². The van der Waals surface area contributed by atoms with E-state index in [4.69, 9.17) is 23.2 Å². The van der Waals surface area contributed by atoms with E-state index in [0.717, 1.165) is 5.69 Å². The van der Waals surface area contributed by atoms with Crippen molar-refractivity contribution in [3.8, 4) is 5.69 Å². The molecule has 0 aliphatic rings. The first-order valence-corrected chi connectivity index (χ1v) is 7.59. The molecule has 0 atom stereocenters. The fourth-order valence-electron chi connectivity index (χ4n) is 2.16. The summed E-state index contributed by atoms with van der Waals surface area (Å²) in [5, 5.41) is 7.93. The van der Waals surface area contributed by atoms with Crippen LogP contribution < -0.4 is 21.4 Å². The van der Waals surface area contributed by atoms with Crippen LogP contribution in [0.15, 0.2) is 53.3 Å². The number of H-pyrrole nitrogens is 1. The molecule has 0 fully saturated rings. The first kappa shape index (κ1) is 15.5. The molecule has 1 heterocycles. The van der Waals surface area contributed by atoms with Gasteiger partial charge in [-0.25, -0.2) is 4.68 Å². The van der Waals surface area contributed by atoms with E-state index in [1.807, 2.05) is 30.3 Å². The largest absolute Gasteiger partial charge is 0.360 e. The maximum Gasteiger partial charge on any atom is 0.280 e. The fraction of sp³-hybridized carbons (Fsp3) is 0. The summed E-state index contributed by atoms with van der Waals surface area (Å²) in [6.07, 6.45) is 1.58. The number of hydrogen-bond donors (Lipinski definition) is 2. The number of aromatic amines is 1. The zero-order chi connectivity index (χ0) is 16.4. The van der Waals surface area contributed by atoms with Crippen LogP contribution in [0.2, 0.25) is 10.0 Å². The van der Waals surface area contributed by atoms with Gasteiger partial charge < -0.3 is 5.32 Å². The Balaban J connectivity index is 2.02. The third-order valence-corrected chi connectivity index (χ3v) is 3.87. The topological polar surface area (TPSA) is 49.8 Å². The van der Waals surface area contributed by atoms with Gasteiger partial charge in [-0.1, -0.05) is 48.0 Å². The molecule has 3 aromatic rings. The van der Waals surface area contributed by atoms with Crippen molar-refractivity contribution in [1.29, 1.82) is 0 Å². The molecule has 2 N–H and O–H groups in total. The van der Waals surface area contributed by atoms with Crippen molar-refractivity contribution < 1.29 is 0 Å². The number of aromatic nitrogens is 2. The molecular weight excluding hydrogens is 333 g/mol. The van der Waals surface area contributed by atoms with Crippen LogP contribution in [0.25, 0.3) is 18.5 Å². The lowest BCUT2D eigenvalue weighted by atomic mass is 10.3. The van der Waals surface area contributed by atoms with Gasteiger partial charge in [0, 0.05) is 11.2 Å². The molecule has 4 nitrogen and oxygen atoms in total. The normalized spacial score (nSPS) is 11.7. The summed E-state index contributed by atoms with van der Waals surface area (Å²) in [6, 6.07) is 14.4. The summed E-state index contributed by atoms with van der Waals surface area (Å²) in [5.74, 6) is 0. The van der Waals surface area contributed by atoms with Crippen LogP contribution in [-0.4, -0.2) is 9.78 Å². The Bertz CT molecular complexity index is 1010. The minimum Gasteiger partial charge on any atom is -0.360 e. The standard InChI is InChI=1S/C17H13Cl2N3O/c1-11-14(10-20-16-8-7-12(18)9-15(16)19)17(23)22(21-11)13-5-3-2-4-6-13/h2-10,20-21H,1H2/b14-10-. The van der Waals surface area contributed by atoms with Crippen LogP contribution in [0.4, 0.5) is 5.69 Å². The molecule has 0 aliphatic heterocycles. The molecule has 0 amide bonds. The van der Waals surface area contributed by atoms with Crippen LogP contribution in [0.5, 0.6) is 0 Å². The third-order valence-electron chi connectivity index (χ3n) is 3.32. The molecule has 0 saturated heterocycles. The molecule has 0 bridgehead atoms. The minimum absolute atomic E-state index is 0.196. The van der Waals surface area contributed by atoms with Crippen molar-refractivity contribution in [1.82, 2.24) is 9.78 Å². The zero-order valence-corrected chi connectivity index (χ0v) is 13.5. The second kappa shape index (κ2) is 6.36. The second-order valence-corrected chi connectivity index (χ2v) is 5.74. The molecule has 6 heteroatoms. The first-order valence-electron chi connectivity index (χ1n) is 6.83. The lowest BCUT2D eigenvalue weighted by Gasteiger charge is -2.03. The Morgan fingerprint density at radius 1 is 1.13 bits per heavy atom. The monoisotopic (exact) mass is 345 g/mol. The maximum absolute atomic E-state index is 12.5. The summed E-state index contributed by atoms with van der Waals surface area (Å²) in [4.78, 5) is 12.5. The number of halogens is 2. The van der Waals surface area contributed by atoms with Gasteiger partial charge in [0.1, 0.15) is 0 Å². The van der Waals surface area contributed by atoms with Crippen molar-refractivity contribution in [2.75, 3.05) is 5.32 Å². The van der Waals surface area contributed by atoms with Crippen molar-refractivity contribution in [2.45, 2.75) is 0 Å². The van der Waals surface area contributed by atoms with Gasteiger partial charge in [0.2, 0.25) is 0 Å². The number of anilines is 1. The van der Waals surface area contributed by atoms with E-state index in [9.17, 15) is 4.79 Å². The lowest BCUT2D eigenvalue weighted by Crippen LogP contribution is -2.34. The summed E-state index contributed by atoms with van der Waals surface area (Å²) in [6.45, 7) is 3.87. The maximum atomic E-state index is 12.5. The molecule has 23 heavy (non-hydrogen) atoms. The van der Waals surface area contributed by atoms with Gasteiger partial charge in [-0.2, -0.15) is 0 Å². The Labute approximate surface area is 142 Å². The lowest BCUT2D eigenvalue weighted by molar-refractivity contribution is 0.838. The van der Waals surface area contributed by atoms with Gasteiger partial charge in [0.05, 0.1) is 27.0 Å². The molecule has 116 valence electrons. The van der Waals surface area contributed by atoms with Crippen molar-refractivity contribution in [3.63, 3.8) is 0 Å². The highest BCUT2D eigenvalue weighted by Crippen LogP contribution is 2.25. The van der Waals surface area contributed by atoms with Crippen LogP contribution >= 0.6 is 23.2 Å². The van der Waals surface area contributed by atoms with Gasteiger partial charge in [-0.15, -0.1) is 0 Å². The average Bonchev–Trinajstić information content (AvgIpc) is 2.82. The van der Waals surface area contributed by atoms with Crippen LogP contribution in [0.3, 0.4) is 0 Å². The Kier molecular flexibility index (Phi) is 4.28. The van der Waals surface area contributed by atoms with Gasteiger partial charge in [-0.3, -0.25) is 9.89 Å². The van der Waals surface area contributed by atoms with Gasteiger partial charge in [-0.05, 0) is 30.3 Å². The summed E-state index contributed by atoms with van der Waals surface area (Å²) >= 11 is 12.0. The van der Waals surface area contributed by atoms with Gasteiger partial charge in [0.15, 0.2) is 0 Å². The molecule has 0 unspecified atom stereocenters. The van der Waals surface area contributed by atoms with Gasteiger partial charge in [0.25, 0.3) is 5.56 Å². The van der Waals surface area contributed by atoms with Crippen molar-refractivity contribution in [2.24, 2.45) is 0 Å². The number of benzene rings is 2. The second-order valence-electron chi connectivity index (χ2n) is 4.89. The molecule has 0 radical (unpaired) electrons. The third kappa shape index (κ3) is 3.18. The number of nitrogens with one attached hydrogen (secondary N) is 2. The molecule has 0 aliphatic carbocycles. The van der Waals surface area contributed by atoms with Crippen molar-refractivity contribution in [3.05, 3.63) is 79.5 Å². The highest BCUT2D eigenvalue weighted by molar-refractivity contribution is 6.36. The number of hydrogen-bond acceptors (Lipinski definition) is 2. The van der Waals surface area contributed by atoms with Crippen molar-refractivity contribution >= 4 is 41.7 Å². The van der Waals surface area contributed by atoms with E-state index in [-0.39, 0.29) is 5.56 Å². The van der Waals surface area contributed by atoms with Crippen LogP contribution in [0.1, 0.15) is 0 Å². The van der Waals surface area contributed by atoms with E-state index in [1.165, 1.54) is 4.68 Å². The molecule has 0 spiro atoms. The smallest absolute Gasteiger partial charge is 0.280 e. The predicted octanol–water partition coefficient (Wildman–Crippen LogP) is 2.73. The molecule has 1 aromatic heterocycles. The molecular formula is C17H13Cl2N3O. The fourth-order valence-corrected chi connectivity index (χ4v) is 2.62. The Hall–Kier alpha value is -2.43. The van der Waals surface area contributed by atoms with E-state index in [2.05, 4.69) is 17.0 Å². The number of nitrogens with zero attached hydrogens (tertiary/aromatic N) is 1. The Morgan fingerprint density at radius 2 is 1.87 bits per heavy atom. The van der Waals surface area contributed by atoms with Gasteiger partial charge >= 0.3 is 0 Å². The summed E-state index contributed by atoms with van der Waals surface area (Å²) in [7, 11) is 0. The first-order chi connectivity index (χ1) is 11.1. The zero-order valence-electron chi connectivity index (χ0n) is 12.0. The molecule has 3 rings (SSSR count). The quantitative estimate of drug-likeness (QED) is 0.766. The van der Waals surface area contributed by atoms with E-state index < -0.39 is 0 Å². The highest BCUT2D eigenvalue weighted by Gasteiger charge is 2.04. The summed E-state index contributed by atoms with van der Waals surface area (Å²) < 4.78 is 1.44. The molecule has 2 aromatic carbocycles. The SMILES string of the molecule is C=c1[nH]n(-c2ccccc2)c(=O)/c1=C\Nc1ccc(Cl)cc1Cl. The van der Waals surface area contributed by atoms with E-state index in [0.29, 0.717) is 26.3 Å². The van der Waals surface area contributed by atoms with Crippen LogP contribution in [0, 0.1) is 0 Å². The minimum atomic E-state index is -0.196.